The lowest BCUT2D eigenvalue weighted by molar-refractivity contribution is 0.312. The Bertz CT molecular complexity index is 519. The maximum atomic E-state index is 12.3. The molecule has 1 saturated heterocycles. The molecule has 9 heteroatoms. The van der Waals surface area contributed by atoms with Gasteiger partial charge in [0.2, 0.25) is 5.03 Å². The summed E-state index contributed by atoms with van der Waals surface area (Å²) < 4.78 is 28.7. The lowest BCUT2D eigenvalue weighted by Gasteiger charge is -2.21. The normalized spacial score (nSPS) is 18.9. The van der Waals surface area contributed by atoms with E-state index in [0.717, 1.165) is 19.6 Å². The summed E-state index contributed by atoms with van der Waals surface area (Å²) in [6.07, 6.45) is 2.38. The van der Waals surface area contributed by atoms with Crippen LogP contribution in [0.5, 0.6) is 0 Å². The Kier molecular flexibility index (Phi) is 4.59. The minimum atomic E-state index is -3.60. The van der Waals surface area contributed by atoms with Gasteiger partial charge in [-0.25, -0.2) is 17.8 Å². The van der Waals surface area contributed by atoms with Crippen LogP contribution in [0.25, 0.3) is 0 Å². The SMILES string of the molecule is CC(CN1CCCC1)NS(=O)(=O)c1c(Br)nnn1C. The van der Waals surface area contributed by atoms with Gasteiger partial charge in [-0.2, -0.15) is 0 Å². The number of nitrogens with one attached hydrogen (secondary N) is 1. The minimum absolute atomic E-state index is 0.0563. The highest BCUT2D eigenvalue weighted by atomic mass is 79.9. The second-order valence-corrected chi connectivity index (χ2v) is 7.22. The third-order valence-corrected chi connectivity index (χ3v) is 5.55. The van der Waals surface area contributed by atoms with Crippen molar-refractivity contribution in [3.05, 3.63) is 4.60 Å². The van der Waals surface area contributed by atoms with Crippen LogP contribution in [0.15, 0.2) is 9.63 Å². The fourth-order valence-corrected chi connectivity index (χ4v) is 4.65. The van der Waals surface area contributed by atoms with Gasteiger partial charge in [0.25, 0.3) is 10.0 Å². The first-order valence-electron chi connectivity index (χ1n) is 6.20. The summed E-state index contributed by atoms with van der Waals surface area (Å²) in [6.45, 7) is 4.68. The third kappa shape index (κ3) is 3.53. The van der Waals surface area contributed by atoms with Gasteiger partial charge in [-0.15, -0.1) is 5.10 Å². The van der Waals surface area contributed by atoms with E-state index in [2.05, 4.69) is 35.9 Å². The number of hydrogen-bond donors (Lipinski definition) is 1. The van der Waals surface area contributed by atoms with Gasteiger partial charge in [-0.1, -0.05) is 5.21 Å². The number of rotatable bonds is 5. The highest BCUT2D eigenvalue weighted by molar-refractivity contribution is 9.10. The fourth-order valence-electron chi connectivity index (χ4n) is 2.32. The van der Waals surface area contributed by atoms with E-state index in [4.69, 9.17) is 0 Å². The maximum absolute atomic E-state index is 12.3. The molecule has 0 bridgehead atoms. The molecule has 1 aliphatic rings. The van der Waals surface area contributed by atoms with Crippen molar-refractivity contribution in [2.45, 2.75) is 30.8 Å². The average Bonchev–Trinajstić information content (AvgIpc) is 2.88. The van der Waals surface area contributed by atoms with E-state index in [1.807, 2.05) is 6.92 Å². The number of sulfonamides is 1. The standard InChI is InChI=1S/C10H18BrN5O2S/c1-8(7-16-5-3-4-6-16)13-19(17,18)10-9(11)12-14-15(10)2/h8,13H,3-7H2,1-2H3. The van der Waals surface area contributed by atoms with Gasteiger partial charge in [-0.3, -0.25) is 0 Å². The van der Waals surface area contributed by atoms with Crippen LogP contribution in [-0.4, -0.2) is 54.0 Å². The van der Waals surface area contributed by atoms with E-state index in [0.29, 0.717) is 0 Å². The summed E-state index contributed by atoms with van der Waals surface area (Å²) in [5, 5.41) is 7.43. The van der Waals surface area contributed by atoms with E-state index < -0.39 is 10.0 Å². The van der Waals surface area contributed by atoms with Crippen molar-refractivity contribution in [1.29, 1.82) is 0 Å². The Hall–Kier alpha value is -0.510. The highest BCUT2D eigenvalue weighted by Gasteiger charge is 2.26. The Morgan fingerprint density at radius 1 is 1.42 bits per heavy atom. The monoisotopic (exact) mass is 351 g/mol. The molecule has 2 rings (SSSR count). The summed E-state index contributed by atoms with van der Waals surface area (Å²) in [6, 6.07) is -0.148. The van der Waals surface area contributed by atoms with Crippen LogP contribution in [0, 0.1) is 0 Å². The van der Waals surface area contributed by atoms with Gasteiger partial charge in [0, 0.05) is 19.6 Å². The first-order valence-corrected chi connectivity index (χ1v) is 8.47. The highest BCUT2D eigenvalue weighted by Crippen LogP contribution is 2.18. The molecule has 1 aliphatic heterocycles. The van der Waals surface area contributed by atoms with Crippen LogP contribution in [0.1, 0.15) is 19.8 Å². The average molecular weight is 352 g/mol. The zero-order valence-corrected chi connectivity index (χ0v) is 13.4. The molecule has 1 aromatic rings. The van der Waals surface area contributed by atoms with Gasteiger partial charge in [0.1, 0.15) is 0 Å². The third-order valence-electron chi connectivity index (χ3n) is 3.08. The van der Waals surface area contributed by atoms with Crippen LogP contribution < -0.4 is 4.72 Å². The second kappa shape index (κ2) is 5.86. The Morgan fingerprint density at radius 3 is 2.58 bits per heavy atom. The number of nitrogens with zero attached hydrogens (tertiary/aromatic N) is 4. The maximum Gasteiger partial charge on any atom is 0.260 e. The molecule has 1 aromatic heterocycles. The number of aromatic nitrogens is 3. The molecule has 0 saturated carbocycles. The van der Waals surface area contributed by atoms with Crippen LogP contribution in [0.3, 0.4) is 0 Å². The Morgan fingerprint density at radius 2 is 2.05 bits per heavy atom. The van der Waals surface area contributed by atoms with Crippen LogP contribution in [0.2, 0.25) is 0 Å². The Balaban J connectivity index is 2.04. The van der Waals surface area contributed by atoms with Crippen molar-refractivity contribution in [1.82, 2.24) is 24.6 Å². The van der Waals surface area contributed by atoms with Gasteiger partial charge < -0.3 is 4.90 Å². The van der Waals surface area contributed by atoms with Crippen molar-refractivity contribution in [2.75, 3.05) is 19.6 Å². The molecule has 1 fully saturated rings. The summed E-state index contributed by atoms with van der Waals surface area (Å²) >= 11 is 3.11. The molecule has 19 heavy (non-hydrogen) atoms. The van der Waals surface area contributed by atoms with Crippen LogP contribution in [-0.2, 0) is 17.1 Å². The first-order chi connectivity index (χ1) is 8.90. The fraction of sp³-hybridized carbons (Fsp3) is 0.800. The van der Waals surface area contributed by atoms with Gasteiger partial charge in [0.15, 0.2) is 4.60 Å². The molecular formula is C10H18BrN5O2S. The molecule has 0 aliphatic carbocycles. The predicted molar refractivity (Wildman–Crippen MR) is 74.2 cm³/mol. The zero-order valence-electron chi connectivity index (χ0n) is 11.0. The molecular weight excluding hydrogens is 334 g/mol. The van der Waals surface area contributed by atoms with Crippen molar-refractivity contribution in [2.24, 2.45) is 7.05 Å². The molecule has 7 nitrogen and oxygen atoms in total. The molecule has 1 atom stereocenters. The van der Waals surface area contributed by atoms with E-state index in [-0.39, 0.29) is 15.7 Å². The van der Waals surface area contributed by atoms with E-state index in [1.54, 1.807) is 7.05 Å². The summed E-state index contributed by atoms with van der Waals surface area (Å²) in [5.74, 6) is 0. The summed E-state index contributed by atoms with van der Waals surface area (Å²) in [5.41, 5.74) is 0. The molecule has 0 radical (unpaired) electrons. The lowest BCUT2D eigenvalue weighted by Crippen LogP contribution is -2.41. The molecule has 0 aromatic carbocycles. The molecule has 1 unspecified atom stereocenters. The molecule has 2 heterocycles. The van der Waals surface area contributed by atoms with E-state index >= 15 is 0 Å². The molecule has 108 valence electrons. The van der Waals surface area contributed by atoms with E-state index in [1.165, 1.54) is 17.5 Å². The van der Waals surface area contributed by atoms with Gasteiger partial charge >= 0.3 is 0 Å². The topological polar surface area (TPSA) is 80.1 Å². The molecule has 0 amide bonds. The van der Waals surface area contributed by atoms with Crippen molar-refractivity contribution in [3.63, 3.8) is 0 Å². The van der Waals surface area contributed by atoms with Crippen LogP contribution >= 0.6 is 15.9 Å². The molecule has 0 spiro atoms. The van der Waals surface area contributed by atoms with Crippen molar-refractivity contribution < 1.29 is 8.42 Å². The Labute approximate surface area is 121 Å². The quantitative estimate of drug-likeness (QED) is 0.827. The minimum Gasteiger partial charge on any atom is -0.302 e. The van der Waals surface area contributed by atoms with E-state index in [9.17, 15) is 8.42 Å². The smallest absolute Gasteiger partial charge is 0.260 e. The largest absolute Gasteiger partial charge is 0.302 e. The van der Waals surface area contributed by atoms with Gasteiger partial charge in [0.05, 0.1) is 0 Å². The summed E-state index contributed by atoms with van der Waals surface area (Å²) in [7, 11) is -2.05. The zero-order chi connectivity index (χ0) is 14.0. The van der Waals surface area contributed by atoms with Crippen molar-refractivity contribution >= 4 is 26.0 Å². The number of likely N-dealkylation sites (tertiary alicyclic amines) is 1. The number of hydrogen-bond acceptors (Lipinski definition) is 5. The van der Waals surface area contributed by atoms with Gasteiger partial charge in [-0.05, 0) is 48.8 Å². The lowest BCUT2D eigenvalue weighted by atomic mass is 10.3. The molecule has 1 N–H and O–H groups in total. The predicted octanol–water partition coefficient (Wildman–Crippen LogP) is 0.340. The second-order valence-electron chi connectivity index (χ2n) is 4.84. The van der Waals surface area contributed by atoms with Crippen LogP contribution in [0.4, 0.5) is 0 Å². The first kappa shape index (κ1) is 14.9. The summed E-state index contributed by atoms with van der Waals surface area (Å²) in [4.78, 5) is 2.27. The number of halogens is 1. The van der Waals surface area contributed by atoms with Crippen molar-refractivity contribution in [3.8, 4) is 0 Å². The number of aryl methyl sites for hydroxylation is 1.